The molecule has 1 amide bonds. The normalized spacial score (nSPS) is 13.3. The molecule has 0 atom stereocenters. The van der Waals surface area contributed by atoms with E-state index in [1.807, 2.05) is 0 Å². The zero-order valence-electron chi connectivity index (χ0n) is 17.3. The first kappa shape index (κ1) is 16.0. The van der Waals surface area contributed by atoms with E-state index < -0.39 is 37.2 Å². The number of fused-ring (bicyclic) bond motifs is 1. The van der Waals surface area contributed by atoms with Gasteiger partial charge in [0, 0.05) is 36.7 Å². The number of alkyl halides is 2. The summed E-state index contributed by atoms with van der Waals surface area (Å²) < 4.78 is 63.5. The second-order valence-corrected chi connectivity index (χ2v) is 6.22. The SMILES string of the molecule is [2H]C([2H])([2H])NC(=O)c1cnc(Cl)cc1Nc1cn(C)c2c(F)cn(CC(F)F)c(=O)c12. The third-order valence-electron chi connectivity index (χ3n) is 3.98. The van der Waals surface area contributed by atoms with Crippen molar-refractivity contribution >= 4 is 39.8 Å². The highest BCUT2D eigenvalue weighted by Crippen LogP contribution is 2.29. The zero-order chi connectivity index (χ0) is 23.1. The van der Waals surface area contributed by atoms with Crippen LogP contribution in [-0.4, -0.2) is 33.4 Å². The van der Waals surface area contributed by atoms with E-state index in [2.05, 4.69) is 10.3 Å². The maximum atomic E-state index is 14.5. The Hall–Kier alpha value is -3.01. The van der Waals surface area contributed by atoms with Crippen molar-refractivity contribution in [2.75, 3.05) is 12.3 Å². The Morgan fingerprint density at radius 2 is 2.14 bits per heavy atom. The summed E-state index contributed by atoms with van der Waals surface area (Å²) in [6.07, 6.45) is 0.150. The van der Waals surface area contributed by atoms with Crippen molar-refractivity contribution in [1.29, 1.82) is 0 Å². The molecule has 0 aromatic carbocycles. The lowest BCUT2D eigenvalue weighted by Crippen LogP contribution is -2.24. The summed E-state index contributed by atoms with van der Waals surface area (Å²) in [6.45, 7) is -3.78. The lowest BCUT2D eigenvalue weighted by molar-refractivity contribution is 0.0963. The molecule has 28 heavy (non-hydrogen) atoms. The number of hydrogen-bond acceptors (Lipinski definition) is 4. The minimum atomic E-state index is -2.89. The van der Waals surface area contributed by atoms with Crippen LogP contribution in [0, 0.1) is 5.82 Å². The molecule has 0 aliphatic rings. The Balaban J connectivity index is 2.15. The Labute approximate surface area is 166 Å². The number of hydrogen-bond donors (Lipinski definition) is 2. The fourth-order valence-electron chi connectivity index (χ4n) is 2.84. The van der Waals surface area contributed by atoms with Gasteiger partial charge in [-0.25, -0.2) is 18.2 Å². The van der Waals surface area contributed by atoms with Gasteiger partial charge in [0.05, 0.1) is 34.4 Å². The second kappa shape index (κ2) is 7.55. The van der Waals surface area contributed by atoms with Gasteiger partial charge < -0.3 is 19.8 Å². The molecule has 3 aromatic heterocycles. The van der Waals surface area contributed by atoms with Crippen LogP contribution in [0.1, 0.15) is 14.5 Å². The standard InChI is InChI=1S/C17H15ClF3N5O2/c1-22-16(27)8-4-23-12(18)3-10(8)24-11-6-25(2)15-9(19)5-26(7-13(20)21)17(28)14(11)15/h3-6,13H,7H2,1-2H3,(H,22,27)(H,23,24)/i1D3. The number of carbonyl (C=O) groups is 1. The van der Waals surface area contributed by atoms with E-state index in [4.69, 9.17) is 15.7 Å². The number of pyridine rings is 2. The lowest BCUT2D eigenvalue weighted by Gasteiger charge is -2.11. The number of rotatable bonds is 5. The highest BCUT2D eigenvalue weighted by Gasteiger charge is 2.20. The minimum Gasteiger partial charge on any atom is -0.355 e. The average Bonchev–Trinajstić information content (AvgIpc) is 2.94. The van der Waals surface area contributed by atoms with Crippen molar-refractivity contribution in [3.05, 3.63) is 51.5 Å². The predicted octanol–water partition coefficient (Wildman–Crippen LogP) is 2.90. The molecule has 0 saturated carbocycles. The number of aryl methyl sites for hydroxylation is 1. The summed E-state index contributed by atoms with van der Waals surface area (Å²) in [7, 11) is 1.44. The van der Waals surface area contributed by atoms with Crippen LogP contribution < -0.4 is 16.2 Å². The largest absolute Gasteiger partial charge is 0.355 e. The van der Waals surface area contributed by atoms with Crippen molar-refractivity contribution in [3.63, 3.8) is 0 Å². The second-order valence-electron chi connectivity index (χ2n) is 5.83. The fourth-order valence-corrected chi connectivity index (χ4v) is 2.99. The van der Waals surface area contributed by atoms with Crippen LogP contribution in [0.25, 0.3) is 10.9 Å². The van der Waals surface area contributed by atoms with Gasteiger partial charge in [-0.3, -0.25) is 9.59 Å². The van der Waals surface area contributed by atoms with E-state index in [0.29, 0.717) is 10.8 Å². The molecule has 148 valence electrons. The highest BCUT2D eigenvalue weighted by molar-refractivity contribution is 6.29. The number of nitrogens with one attached hydrogen (secondary N) is 2. The van der Waals surface area contributed by atoms with Crippen LogP contribution in [0.4, 0.5) is 24.5 Å². The number of aromatic nitrogens is 3. The molecule has 0 radical (unpaired) electrons. The van der Waals surface area contributed by atoms with Crippen LogP contribution in [0.3, 0.4) is 0 Å². The number of halogens is 4. The molecule has 3 rings (SSSR count). The molecule has 0 saturated heterocycles. The van der Waals surface area contributed by atoms with E-state index in [1.165, 1.54) is 23.9 Å². The van der Waals surface area contributed by atoms with Crippen molar-refractivity contribution in [1.82, 2.24) is 19.4 Å². The molecular weight excluding hydrogens is 399 g/mol. The molecule has 0 unspecified atom stereocenters. The van der Waals surface area contributed by atoms with Gasteiger partial charge in [0.25, 0.3) is 17.9 Å². The smallest absolute Gasteiger partial charge is 0.262 e. The summed E-state index contributed by atoms with van der Waals surface area (Å²) in [5.41, 5.74) is -1.28. The summed E-state index contributed by atoms with van der Waals surface area (Å²) in [6, 6.07) is 1.20. The molecular formula is C17H15ClF3N5O2. The summed E-state index contributed by atoms with van der Waals surface area (Å²) in [5, 5.41) is 4.24. The molecule has 0 bridgehead atoms. The van der Waals surface area contributed by atoms with Crippen LogP contribution in [0.2, 0.25) is 5.15 Å². The zero-order valence-corrected chi connectivity index (χ0v) is 15.0. The van der Waals surface area contributed by atoms with Crippen molar-refractivity contribution in [2.45, 2.75) is 13.0 Å². The van der Waals surface area contributed by atoms with Gasteiger partial charge in [-0.1, -0.05) is 11.6 Å². The highest BCUT2D eigenvalue weighted by atomic mass is 35.5. The van der Waals surface area contributed by atoms with Gasteiger partial charge in [0.15, 0.2) is 5.82 Å². The van der Waals surface area contributed by atoms with Gasteiger partial charge in [-0.05, 0) is 6.07 Å². The minimum absolute atomic E-state index is 0.00443. The maximum Gasteiger partial charge on any atom is 0.262 e. The van der Waals surface area contributed by atoms with E-state index in [0.717, 1.165) is 6.20 Å². The quantitative estimate of drug-likeness (QED) is 0.627. The maximum absolute atomic E-state index is 14.5. The van der Waals surface area contributed by atoms with Crippen molar-refractivity contribution in [2.24, 2.45) is 7.05 Å². The molecule has 11 heteroatoms. The number of carbonyl (C=O) groups excluding carboxylic acids is 1. The lowest BCUT2D eigenvalue weighted by atomic mass is 10.2. The van der Waals surface area contributed by atoms with E-state index >= 15 is 0 Å². The van der Waals surface area contributed by atoms with Crippen LogP contribution in [0.5, 0.6) is 0 Å². The molecule has 0 aliphatic heterocycles. The third-order valence-corrected chi connectivity index (χ3v) is 4.19. The molecule has 0 fully saturated rings. The molecule has 0 spiro atoms. The Bertz CT molecular complexity index is 1230. The molecule has 0 aliphatic carbocycles. The third kappa shape index (κ3) is 3.55. The summed E-state index contributed by atoms with van der Waals surface area (Å²) in [5.74, 6) is -1.91. The van der Waals surface area contributed by atoms with Gasteiger partial charge in [0.1, 0.15) is 5.15 Å². The Morgan fingerprint density at radius 1 is 1.39 bits per heavy atom. The first-order valence-corrected chi connectivity index (χ1v) is 8.16. The van der Waals surface area contributed by atoms with Gasteiger partial charge in [-0.2, -0.15) is 0 Å². The topological polar surface area (TPSA) is 81.0 Å². The van der Waals surface area contributed by atoms with E-state index in [9.17, 15) is 22.8 Å². The van der Waals surface area contributed by atoms with Crippen LogP contribution >= 0.6 is 11.6 Å². The van der Waals surface area contributed by atoms with Crippen LogP contribution in [0.15, 0.2) is 29.5 Å². The Kier molecular flexibility index (Phi) is 4.31. The monoisotopic (exact) mass is 416 g/mol. The molecule has 2 N–H and O–H groups in total. The molecule has 3 aromatic rings. The number of nitrogens with zero attached hydrogens (tertiary/aromatic N) is 3. The van der Waals surface area contributed by atoms with E-state index in [-0.39, 0.29) is 33.0 Å². The van der Waals surface area contributed by atoms with Crippen molar-refractivity contribution < 1.29 is 22.1 Å². The first-order valence-electron chi connectivity index (χ1n) is 9.28. The number of amides is 1. The number of anilines is 2. The van der Waals surface area contributed by atoms with Gasteiger partial charge in [0.2, 0.25) is 0 Å². The summed E-state index contributed by atoms with van der Waals surface area (Å²) >= 11 is 5.87. The average molecular weight is 417 g/mol. The molecule has 7 nitrogen and oxygen atoms in total. The molecule has 3 heterocycles. The first-order chi connectivity index (χ1) is 14.4. The fraction of sp³-hybridized carbons (Fsp3) is 0.235. The Morgan fingerprint density at radius 3 is 2.82 bits per heavy atom. The predicted molar refractivity (Wildman–Crippen MR) is 99.1 cm³/mol. The van der Waals surface area contributed by atoms with Gasteiger partial charge in [-0.15, -0.1) is 0 Å². The van der Waals surface area contributed by atoms with Crippen molar-refractivity contribution in [3.8, 4) is 0 Å². The summed E-state index contributed by atoms with van der Waals surface area (Å²) in [4.78, 5) is 28.8. The van der Waals surface area contributed by atoms with E-state index in [1.54, 1.807) is 5.32 Å². The van der Waals surface area contributed by atoms with Crippen LogP contribution in [-0.2, 0) is 13.6 Å². The van der Waals surface area contributed by atoms with Gasteiger partial charge >= 0.3 is 0 Å².